The maximum atomic E-state index is 12.6. The average molecular weight is 401 g/mol. The molecule has 1 aromatic heterocycles. The van der Waals surface area contributed by atoms with Crippen LogP contribution < -0.4 is 11.0 Å². The zero-order chi connectivity index (χ0) is 20.1. The van der Waals surface area contributed by atoms with Gasteiger partial charge in [0, 0.05) is 23.5 Å². The van der Waals surface area contributed by atoms with Crippen LogP contribution in [0.2, 0.25) is 0 Å². The lowest BCUT2D eigenvalue weighted by molar-refractivity contribution is -0.113. The molecule has 1 aromatic carbocycles. The minimum absolute atomic E-state index is 0.0805. The van der Waals surface area contributed by atoms with Crippen molar-refractivity contribution in [3.8, 4) is 0 Å². The first-order valence-corrected chi connectivity index (χ1v) is 10.7. The van der Waals surface area contributed by atoms with Crippen molar-refractivity contribution >= 4 is 23.4 Å². The van der Waals surface area contributed by atoms with Gasteiger partial charge in [-0.25, -0.2) is 4.79 Å². The van der Waals surface area contributed by atoms with E-state index in [4.69, 9.17) is 0 Å². The molecule has 6 nitrogen and oxygen atoms in total. The highest BCUT2D eigenvalue weighted by molar-refractivity contribution is 8.00. The standard InChI is InChI=1S/C21H28N4O2S/c1-15-8-4-5-10-17(15)22-19(26)14-28-20-16-9-6-11-18(16)25(21(27)23-20)13-7-12-24(2)3/h4-5,8,10H,6-7,9,11-14H2,1-3H3,(H,22,26). The lowest BCUT2D eigenvalue weighted by atomic mass is 10.2. The maximum absolute atomic E-state index is 12.6. The Morgan fingerprint density at radius 3 is 2.82 bits per heavy atom. The molecular weight excluding hydrogens is 372 g/mol. The molecule has 1 aliphatic carbocycles. The summed E-state index contributed by atoms with van der Waals surface area (Å²) in [7, 11) is 4.07. The molecule has 1 aliphatic rings. The van der Waals surface area contributed by atoms with Crippen LogP contribution in [0, 0.1) is 6.92 Å². The molecule has 0 fully saturated rings. The number of fused-ring (bicyclic) bond motifs is 1. The highest BCUT2D eigenvalue weighted by Crippen LogP contribution is 2.29. The number of hydrogen-bond acceptors (Lipinski definition) is 5. The van der Waals surface area contributed by atoms with E-state index in [2.05, 4.69) is 15.2 Å². The topological polar surface area (TPSA) is 67.2 Å². The fourth-order valence-electron chi connectivity index (χ4n) is 3.51. The zero-order valence-electron chi connectivity index (χ0n) is 16.8. The van der Waals surface area contributed by atoms with Crippen LogP contribution in [-0.2, 0) is 24.2 Å². The molecule has 0 bridgehead atoms. The number of aryl methyl sites for hydroxylation is 1. The third-order valence-electron chi connectivity index (χ3n) is 4.95. The summed E-state index contributed by atoms with van der Waals surface area (Å²) < 4.78 is 1.84. The van der Waals surface area contributed by atoms with Crippen molar-refractivity contribution in [1.29, 1.82) is 0 Å². The van der Waals surface area contributed by atoms with Crippen molar-refractivity contribution in [2.24, 2.45) is 0 Å². The van der Waals surface area contributed by atoms with Crippen LogP contribution in [-0.4, -0.2) is 46.8 Å². The summed E-state index contributed by atoms with van der Waals surface area (Å²) in [6.45, 7) is 3.61. The van der Waals surface area contributed by atoms with Crippen molar-refractivity contribution in [1.82, 2.24) is 14.5 Å². The first kappa shape index (κ1) is 20.6. The van der Waals surface area contributed by atoms with E-state index >= 15 is 0 Å². The number of benzene rings is 1. The largest absolute Gasteiger partial charge is 0.348 e. The first-order valence-electron chi connectivity index (χ1n) is 9.71. The summed E-state index contributed by atoms with van der Waals surface area (Å²) >= 11 is 1.37. The Bertz CT molecular complexity index is 908. The summed E-state index contributed by atoms with van der Waals surface area (Å²) in [5, 5.41) is 3.66. The zero-order valence-corrected chi connectivity index (χ0v) is 17.6. The molecule has 0 saturated heterocycles. The molecular formula is C21H28N4O2S. The van der Waals surface area contributed by atoms with Gasteiger partial charge in [0.25, 0.3) is 0 Å². The van der Waals surface area contributed by atoms with Crippen LogP contribution in [0.4, 0.5) is 5.69 Å². The second-order valence-electron chi connectivity index (χ2n) is 7.44. The molecule has 0 saturated carbocycles. The lowest BCUT2D eigenvalue weighted by Gasteiger charge is -2.15. The third kappa shape index (κ3) is 5.02. The fraction of sp³-hybridized carbons (Fsp3) is 0.476. The van der Waals surface area contributed by atoms with Gasteiger partial charge in [-0.05, 0) is 64.9 Å². The molecule has 0 spiro atoms. The Hall–Kier alpha value is -2.12. The predicted octanol–water partition coefficient (Wildman–Crippen LogP) is 2.72. The van der Waals surface area contributed by atoms with E-state index in [0.717, 1.165) is 59.8 Å². The van der Waals surface area contributed by atoms with Gasteiger partial charge in [0.05, 0.1) is 5.75 Å². The van der Waals surface area contributed by atoms with E-state index in [1.165, 1.54) is 11.8 Å². The summed E-state index contributed by atoms with van der Waals surface area (Å²) in [6, 6.07) is 7.70. The van der Waals surface area contributed by atoms with Gasteiger partial charge in [-0.2, -0.15) is 4.98 Å². The van der Waals surface area contributed by atoms with Crippen molar-refractivity contribution in [3.05, 3.63) is 51.6 Å². The highest BCUT2D eigenvalue weighted by atomic mass is 32.2. The molecule has 1 N–H and O–H groups in total. The fourth-order valence-corrected chi connectivity index (χ4v) is 4.39. The number of carbonyl (C=O) groups is 1. The Labute approximate surface area is 170 Å². The second kappa shape index (κ2) is 9.39. The van der Waals surface area contributed by atoms with Crippen LogP contribution in [0.15, 0.2) is 34.1 Å². The Morgan fingerprint density at radius 2 is 2.07 bits per heavy atom. The minimum Gasteiger partial charge on any atom is -0.325 e. The molecule has 3 rings (SSSR count). The summed E-state index contributed by atoms with van der Waals surface area (Å²) in [6.07, 6.45) is 3.81. The van der Waals surface area contributed by atoms with Gasteiger partial charge < -0.3 is 10.2 Å². The summed E-state index contributed by atoms with van der Waals surface area (Å²) in [5.41, 5.74) is 3.92. The van der Waals surface area contributed by atoms with Crippen LogP contribution in [0.1, 0.15) is 29.7 Å². The van der Waals surface area contributed by atoms with Crippen molar-refractivity contribution in [2.75, 3.05) is 31.7 Å². The molecule has 28 heavy (non-hydrogen) atoms. The number of para-hydroxylation sites is 1. The average Bonchev–Trinajstić information content (AvgIpc) is 3.13. The maximum Gasteiger partial charge on any atom is 0.348 e. The molecule has 1 heterocycles. The van der Waals surface area contributed by atoms with Crippen molar-refractivity contribution in [2.45, 2.75) is 44.2 Å². The first-order chi connectivity index (χ1) is 13.5. The van der Waals surface area contributed by atoms with E-state index in [0.29, 0.717) is 6.54 Å². The Morgan fingerprint density at radius 1 is 1.29 bits per heavy atom. The van der Waals surface area contributed by atoms with Gasteiger partial charge in [0.1, 0.15) is 5.03 Å². The SMILES string of the molecule is Cc1ccccc1NC(=O)CSc1nc(=O)n(CCCN(C)C)c2c1CCC2. The highest BCUT2D eigenvalue weighted by Gasteiger charge is 2.22. The molecule has 2 aromatic rings. The van der Waals surface area contributed by atoms with Crippen LogP contribution >= 0.6 is 11.8 Å². The van der Waals surface area contributed by atoms with Gasteiger partial charge in [0.2, 0.25) is 5.91 Å². The smallest absolute Gasteiger partial charge is 0.325 e. The van der Waals surface area contributed by atoms with Gasteiger partial charge in [0.15, 0.2) is 0 Å². The van der Waals surface area contributed by atoms with E-state index in [9.17, 15) is 9.59 Å². The van der Waals surface area contributed by atoms with Crippen LogP contribution in [0.3, 0.4) is 0 Å². The lowest BCUT2D eigenvalue weighted by Crippen LogP contribution is -2.29. The number of hydrogen-bond donors (Lipinski definition) is 1. The number of aromatic nitrogens is 2. The second-order valence-corrected chi connectivity index (χ2v) is 8.40. The number of anilines is 1. The van der Waals surface area contributed by atoms with E-state index < -0.39 is 0 Å². The third-order valence-corrected chi connectivity index (χ3v) is 5.96. The molecule has 7 heteroatoms. The minimum atomic E-state index is -0.193. The quantitative estimate of drug-likeness (QED) is 0.545. The van der Waals surface area contributed by atoms with Crippen LogP contribution in [0.25, 0.3) is 0 Å². The molecule has 0 radical (unpaired) electrons. The van der Waals surface area contributed by atoms with Gasteiger partial charge in [-0.3, -0.25) is 9.36 Å². The number of thioether (sulfide) groups is 1. The van der Waals surface area contributed by atoms with E-state index in [-0.39, 0.29) is 17.3 Å². The Balaban J connectivity index is 1.68. The number of amides is 1. The number of nitrogens with one attached hydrogen (secondary N) is 1. The summed E-state index contributed by atoms with van der Waals surface area (Å²) in [4.78, 5) is 31.4. The molecule has 150 valence electrons. The molecule has 0 aliphatic heterocycles. The Kier molecular flexibility index (Phi) is 6.91. The van der Waals surface area contributed by atoms with Gasteiger partial charge >= 0.3 is 5.69 Å². The monoisotopic (exact) mass is 400 g/mol. The van der Waals surface area contributed by atoms with E-state index in [1.54, 1.807) is 0 Å². The predicted molar refractivity (Wildman–Crippen MR) is 114 cm³/mol. The number of rotatable bonds is 8. The molecule has 0 atom stereocenters. The van der Waals surface area contributed by atoms with Crippen LogP contribution in [0.5, 0.6) is 0 Å². The van der Waals surface area contributed by atoms with Crippen molar-refractivity contribution < 1.29 is 4.79 Å². The normalized spacial score (nSPS) is 13.0. The van der Waals surface area contributed by atoms with Gasteiger partial charge in [-0.1, -0.05) is 30.0 Å². The van der Waals surface area contributed by atoms with E-state index in [1.807, 2.05) is 49.9 Å². The number of nitrogens with zero attached hydrogens (tertiary/aromatic N) is 3. The molecule has 1 amide bonds. The molecule has 0 unspecified atom stereocenters. The van der Waals surface area contributed by atoms with Gasteiger partial charge in [-0.15, -0.1) is 0 Å². The van der Waals surface area contributed by atoms with Crippen molar-refractivity contribution in [3.63, 3.8) is 0 Å². The number of carbonyl (C=O) groups excluding carboxylic acids is 1. The summed E-state index contributed by atoms with van der Waals surface area (Å²) in [5.74, 6) is 0.167.